The van der Waals surface area contributed by atoms with Crippen LogP contribution in [0.5, 0.6) is 0 Å². The van der Waals surface area contributed by atoms with E-state index in [0.717, 1.165) is 33.0 Å². The summed E-state index contributed by atoms with van der Waals surface area (Å²) in [5, 5.41) is 5.87. The average Bonchev–Trinajstić information content (AvgIpc) is 3.37. The van der Waals surface area contributed by atoms with Crippen molar-refractivity contribution in [3.8, 4) is 0 Å². The van der Waals surface area contributed by atoms with Crippen LogP contribution in [-0.2, 0) is 4.79 Å². The number of rotatable bonds is 11. The van der Waals surface area contributed by atoms with Gasteiger partial charge in [-0.25, -0.2) is 0 Å². The molecule has 0 bridgehead atoms. The average molecular weight is 642 g/mol. The van der Waals surface area contributed by atoms with Crippen molar-refractivity contribution in [1.82, 2.24) is 14.4 Å². The van der Waals surface area contributed by atoms with Crippen molar-refractivity contribution in [3.05, 3.63) is 162 Å². The van der Waals surface area contributed by atoms with Gasteiger partial charge in [0.25, 0.3) is 0 Å². The van der Waals surface area contributed by atoms with Crippen molar-refractivity contribution in [2.24, 2.45) is 0 Å². The normalized spacial score (nSPS) is 19.2. The fourth-order valence-corrected chi connectivity index (χ4v) is 10.7. The zero-order chi connectivity index (χ0) is 33.0. The van der Waals surface area contributed by atoms with Gasteiger partial charge in [0.2, 0.25) is 0 Å². The van der Waals surface area contributed by atoms with E-state index in [9.17, 15) is 4.79 Å². The molecule has 5 aromatic rings. The maximum absolute atomic E-state index is 16.2. The van der Waals surface area contributed by atoms with Crippen LogP contribution in [0.3, 0.4) is 0 Å². The Kier molecular flexibility index (Phi) is 10.1. The minimum atomic E-state index is -3.54. The van der Waals surface area contributed by atoms with E-state index < -0.39 is 14.0 Å². The molecule has 47 heavy (non-hydrogen) atoms. The highest BCUT2D eigenvalue weighted by Crippen LogP contribution is 2.72. The molecule has 0 saturated carbocycles. The van der Waals surface area contributed by atoms with Gasteiger partial charge in [-0.1, -0.05) is 140 Å². The lowest BCUT2D eigenvalue weighted by atomic mass is 9.92. The van der Waals surface area contributed by atoms with Gasteiger partial charge < -0.3 is 4.89 Å². The molecule has 1 saturated heterocycles. The van der Waals surface area contributed by atoms with Crippen LogP contribution >= 0.6 is 7.94 Å². The lowest BCUT2D eigenvalue weighted by Crippen LogP contribution is -2.48. The summed E-state index contributed by atoms with van der Waals surface area (Å²) < 4.78 is 4.39. The molecular weight excluding hydrogens is 597 g/mol. The summed E-state index contributed by atoms with van der Waals surface area (Å²) in [5.74, 6) is -0.0310. The Hall–Kier alpha value is -3.96. The van der Waals surface area contributed by atoms with Gasteiger partial charge in [-0.3, -0.25) is 4.79 Å². The molecule has 1 fully saturated rings. The smallest absolute Gasteiger partial charge is 0.185 e. The molecule has 5 aromatic carbocycles. The number of allylic oxidation sites excluding steroid dienone is 1. The lowest BCUT2D eigenvalue weighted by molar-refractivity contribution is -0.198. The Bertz CT molecular complexity index is 1750. The Morgan fingerprint density at radius 3 is 1.74 bits per heavy atom. The van der Waals surface area contributed by atoms with Gasteiger partial charge in [0, 0.05) is 18.5 Å². The zero-order valence-electron chi connectivity index (χ0n) is 27.6. The number of ketones is 1. The Labute approximate surface area is 280 Å². The van der Waals surface area contributed by atoms with Crippen molar-refractivity contribution in [2.75, 3.05) is 0 Å². The van der Waals surface area contributed by atoms with Gasteiger partial charge in [0.05, 0.1) is 18.1 Å². The van der Waals surface area contributed by atoms with Crippen LogP contribution in [0.4, 0.5) is 0 Å². The summed E-state index contributed by atoms with van der Waals surface area (Å²) in [4.78, 5) is 30.0. The zero-order valence-corrected chi connectivity index (χ0v) is 28.5. The largest absolute Gasteiger partial charge is 0.636 e. The number of nitrogens with one attached hydrogen (secondary N) is 1. The van der Waals surface area contributed by atoms with Crippen molar-refractivity contribution < 1.29 is 9.69 Å². The monoisotopic (exact) mass is 641 g/mol. The van der Waals surface area contributed by atoms with Gasteiger partial charge in [-0.15, -0.1) is 9.34 Å². The summed E-state index contributed by atoms with van der Waals surface area (Å²) >= 11 is 0. The molecule has 0 unspecified atom stereocenters. The molecule has 1 aliphatic heterocycles. The predicted molar refractivity (Wildman–Crippen MR) is 194 cm³/mol. The predicted octanol–water partition coefficient (Wildman–Crippen LogP) is 9.10. The molecule has 6 rings (SSSR count). The molecule has 1 aliphatic rings. The lowest BCUT2D eigenvalue weighted by Gasteiger charge is -2.45. The molecule has 3 atom stereocenters. The number of carbonyl (C=O) groups is 1. The standard InChI is InChI=1S/C41H44N3O2P/c1-30(2)43-40(34-20-10-6-11-21-34)41(35-22-12-7-13-23-35)44(31(3)4)47(43,46)42-39(29-36(45)28-27-32-17-8-5-9-18-32)38-26-16-24-33-19-14-15-25-37(33)38/h5-28,30-31,39-41H,29H2,1-4H3,(H,42,46)/b28-27+/t39-,40-,41-/m0/s1. The highest BCUT2D eigenvalue weighted by atomic mass is 31.2. The van der Waals surface area contributed by atoms with E-state index in [1.807, 2.05) is 66.7 Å². The molecule has 5 nitrogen and oxygen atoms in total. The van der Waals surface area contributed by atoms with E-state index in [0.29, 0.717) is 0 Å². The van der Waals surface area contributed by atoms with Crippen LogP contribution in [0.2, 0.25) is 0 Å². The molecular formula is C41H44N3O2P. The summed E-state index contributed by atoms with van der Waals surface area (Å²) in [6.07, 6.45) is 3.67. The van der Waals surface area contributed by atoms with Crippen molar-refractivity contribution in [1.29, 1.82) is 0 Å². The second-order valence-corrected chi connectivity index (χ2v) is 15.1. The summed E-state index contributed by atoms with van der Waals surface area (Å²) in [6.45, 7) is 8.49. The number of benzene rings is 5. The minimum absolute atomic E-state index is 0.0310. The molecule has 0 radical (unpaired) electrons. The first kappa shape index (κ1) is 33.0. The fraction of sp³-hybridized carbons (Fsp3) is 0.244. The number of hydrogen-bond acceptors (Lipinski definition) is 5. The molecule has 0 spiro atoms. The SMILES string of the molecule is CC(C)N1[C@@H](c2ccccc2)[C@H](c2ccccc2)N(C(C)C)[P+]1([O-])N[C@@H](CC(=O)/C=C/c1ccccc1)c1cccc2ccccc12. The summed E-state index contributed by atoms with van der Waals surface area (Å²) in [6, 6.07) is 44.1. The first-order valence-electron chi connectivity index (χ1n) is 16.6. The maximum Gasteiger partial charge on any atom is 0.185 e. The van der Waals surface area contributed by atoms with Gasteiger partial charge in [0.1, 0.15) is 0 Å². The second kappa shape index (κ2) is 14.4. The van der Waals surface area contributed by atoms with Gasteiger partial charge in [-0.05, 0) is 66.8 Å². The fourth-order valence-electron chi connectivity index (χ4n) is 7.12. The molecule has 0 aliphatic carbocycles. The Balaban J connectivity index is 1.49. The van der Waals surface area contributed by atoms with Crippen LogP contribution in [0.15, 0.2) is 140 Å². The van der Waals surface area contributed by atoms with E-state index in [4.69, 9.17) is 0 Å². The second-order valence-electron chi connectivity index (χ2n) is 12.9. The van der Waals surface area contributed by atoms with E-state index in [-0.39, 0.29) is 36.4 Å². The third kappa shape index (κ3) is 6.87. The van der Waals surface area contributed by atoms with Gasteiger partial charge in [0.15, 0.2) is 13.7 Å². The maximum atomic E-state index is 16.2. The molecule has 240 valence electrons. The highest BCUT2D eigenvalue weighted by molar-refractivity contribution is 7.62. The molecule has 0 amide bonds. The van der Waals surface area contributed by atoms with Crippen LogP contribution in [0, 0.1) is 0 Å². The molecule has 0 aromatic heterocycles. The first-order chi connectivity index (χ1) is 22.8. The number of hydrogen-bond donors (Lipinski definition) is 1. The summed E-state index contributed by atoms with van der Waals surface area (Å²) in [7, 11) is -3.54. The topological polar surface area (TPSA) is 58.6 Å². The molecule has 1 heterocycles. The van der Waals surface area contributed by atoms with Crippen LogP contribution in [0.25, 0.3) is 16.8 Å². The highest BCUT2D eigenvalue weighted by Gasteiger charge is 2.62. The van der Waals surface area contributed by atoms with Crippen molar-refractivity contribution in [2.45, 2.75) is 64.3 Å². The quantitative estimate of drug-likeness (QED) is 0.115. The van der Waals surface area contributed by atoms with E-state index in [1.165, 1.54) is 0 Å². The van der Waals surface area contributed by atoms with Crippen molar-refractivity contribution in [3.63, 3.8) is 0 Å². The number of nitrogens with zero attached hydrogens (tertiary/aromatic N) is 2. The molecule has 1 N–H and O–H groups in total. The van der Waals surface area contributed by atoms with E-state index in [2.05, 4.69) is 115 Å². The third-order valence-electron chi connectivity index (χ3n) is 9.02. The Morgan fingerprint density at radius 2 is 1.19 bits per heavy atom. The first-order valence-corrected chi connectivity index (χ1v) is 18.2. The van der Waals surface area contributed by atoms with Gasteiger partial charge >= 0.3 is 0 Å². The van der Waals surface area contributed by atoms with Crippen molar-refractivity contribution >= 4 is 30.6 Å². The minimum Gasteiger partial charge on any atom is -0.636 e. The molecule has 6 heteroatoms. The number of carbonyl (C=O) groups excluding carboxylic acids is 1. The summed E-state index contributed by atoms with van der Waals surface area (Å²) in [5.41, 5.74) is 4.16. The van der Waals surface area contributed by atoms with Crippen LogP contribution in [0.1, 0.15) is 74.5 Å². The van der Waals surface area contributed by atoms with E-state index in [1.54, 1.807) is 6.08 Å². The number of fused-ring (bicyclic) bond motifs is 1. The van der Waals surface area contributed by atoms with Gasteiger partial charge in [-0.2, -0.15) is 5.09 Å². The third-order valence-corrected chi connectivity index (χ3v) is 12.3. The van der Waals surface area contributed by atoms with Crippen LogP contribution < -0.4 is 9.98 Å². The van der Waals surface area contributed by atoms with E-state index >= 15 is 4.89 Å². The van der Waals surface area contributed by atoms with Crippen LogP contribution in [-0.4, -0.2) is 27.2 Å². The Morgan fingerprint density at radius 1 is 0.702 bits per heavy atom.